The van der Waals surface area contributed by atoms with E-state index in [-0.39, 0.29) is 12.7 Å². The molecular formula is C23H42O5. The van der Waals surface area contributed by atoms with E-state index in [4.69, 9.17) is 14.6 Å². The van der Waals surface area contributed by atoms with Gasteiger partial charge in [0.25, 0.3) is 0 Å². The van der Waals surface area contributed by atoms with E-state index in [2.05, 4.69) is 20.4 Å². The van der Waals surface area contributed by atoms with E-state index >= 15 is 0 Å². The first-order valence-corrected chi connectivity index (χ1v) is 11.2. The first-order valence-electron chi connectivity index (χ1n) is 11.2. The number of carbonyl (C=O) groups excluding carboxylic acids is 1. The maximum Gasteiger partial charge on any atom is 0.330 e. The fourth-order valence-corrected chi connectivity index (χ4v) is 3.32. The van der Waals surface area contributed by atoms with E-state index in [1.807, 2.05) is 0 Å². The third-order valence-corrected chi connectivity index (χ3v) is 4.95. The number of esters is 1. The molecule has 0 aromatic heterocycles. The van der Waals surface area contributed by atoms with Gasteiger partial charge >= 0.3 is 11.9 Å². The summed E-state index contributed by atoms with van der Waals surface area (Å²) in [6.07, 6.45) is 15.6. The molecule has 0 aliphatic heterocycles. The van der Waals surface area contributed by atoms with Gasteiger partial charge in [-0.25, -0.2) is 9.59 Å². The largest absolute Gasteiger partial charge is 0.480 e. The van der Waals surface area contributed by atoms with Crippen molar-refractivity contribution < 1.29 is 24.2 Å². The van der Waals surface area contributed by atoms with Gasteiger partial charge in [0.05, 0.1) is 6.10 Å². The summed E-state index contributed by atoms with van der Waals surface area (Å²) < 4.78 is 11.2. The Morgan fingerprint density at radius 3 is 1.75 bits per heavy atom. The number of aliphatic carboxylic acids is 1. The van der Waals surface area contributed by atoms with Gasteiger partial charge in [0.1, 0.15) is 12.7 Å². The van der Waals surface area contributed by atoms with Crippen molar-refractivity contribution in [1.82, 2.24) is 0 Å². The van der Waals surface area contributed by atoms with Crippen molar-refractivity contribution in [1.29, 1.82) is 0 Å². The number of unbranched alkanes of at least 4 members (excludes halogenated alkanes) is 10. The molecule has 0 saturated heterocycles. The summed E-state index contributed by atoms with van der Waals surface area (Å²) in [5.41, 5.74) is 0. The Labute approximate surface area is 171 Å². The third-order valence-electron chi connectivity index (χ3n) is 4.95. The Kier molecular flexibility index (Phi) is 18.1. The predicted octanol–water partition coefficient (Wildman–Crippen LogP) is 6.06. The second-order valence-electron chi connectivity index (χ2n) is 7.54. The van der Waals surface area contributed by atoms with Crippen molar-refractivity contribution in [3.63, 3.8) is 0 Å². The van der Waals surface area contributed by atoms with Crippen LogP contribution in [0.4, 0.5) is 0 Å². The molecule has 0 bridgehead atoms. The molecule has 0 aromatic carbocycles. The minimum Gasteiger partial charge on any atom is -0.480 e. The molecule has 0 rings (SSSR count). The fraction of sp³-hybridized carbons (Fsp3) is 0.826. The van der Waals surface area contributed by atoms with E-state index in [9.17, 15) is 9.59 Å². The van der Waals surface area contributed by atoms with E-state index in [0.717, 1.165) is 31.8 Å². The van der Waals surface area contributed by atoms with Crippen LogP contribution < -0.4 is 0 Å². The highest BCUT2D eigenvalue weighted by molar-refractivity contribution is 5.81. The minimum atomic E-state index is -0.999. The Bertz CT molecular complexity index is 408. The van der Waals surface area contributed by atoms with Crippen LogP contribution in [0.3, 0.4) is 0 Å². The molecule has 0 fully saturated rings. The van der Waals surface area contributed by atoms with Crippen LogP contribution in [0.15, 0.2) is 12.7 Å². The molecule has 28 heavy (non-hydrogen) atoms. The molecule has 0 aromatic rings. The lowest BCUT2D eigenvalue weighted by Gasteiger charge is -2.27. The molecule has 0 amide bonds. The Hall–Kier alpha value is -1.36. The summed E-state index contributed by atoms with van der Waals surface area (Å²) in [6.45, 7) is 7.49. The van der Waals surface area contributed by atoms with E-state index in [1.165, 1.54) is 51.4 Å². The van der Waals surface area contributed by atoms with Crippen LogP contribution in [0, 0.1) is 0 Å². The van der Waals surface area contributed by atoms with Crippen LogP contribution in [-0.4, -0.2) is 35.9 Å². The van der Waals surface area contributed by atoms with Gasteiger partial charge in [-0.1, -0.05) is 91.1 Å². The Morgan fingerprint density at radius 2 is 1.29 bits per heavy atom. The zero-order valence-electron chi connectivity index (χ0n) is 18.1. The second-order valence-corrected chi connectivity index (χ2v) is 7.54. The molecule has 164 valence electrons. The molecule has 2 unspecified atom stereocenters. The van der Waals surface area contributed by atoms with E-state index < -0.39 is 18.0 Å². The molecule has 5 nitrogen and oxygen atoms in total. The number of carbonyl (C=O) groups is 2. The highest BCUT2D eigenvalue weighted by atomic mass is 16.6. The van der Waals surface area contributed by atoms with E-state index in [0.29, 0.717) is 12.8 Å². The zero-order chi connectivity index (χ0) is 21.0. The molecule has 0 radical (unpaired) electrons. The monoisotopic (exact) mass is 398 g/mol. The normalized spacial score (nSPS) is 13.1. The van der Waals surface area contributed by atoms with Crippen molar-refractivity contribution in [3.05, 3.63) is 12.7 Å². The van der Waals surface area contributed by atoms with Crippen LogP contribution in [0.25, 0.3) is 0 Å². The summed E-state index contributed by atoms with van der Waals surface area (Å²) in [5.74, 6) is -1.47. The van der Waals surface area contributed by atoms with Gasteiger partial charge in [-0.2, -0.15) is 0 Å². The topological polar surface area (TPSA) is 72.8 Å². The lowest BCUT2D eigenvalue weighted by Crippen LogP contribution is -2.35. The quantitative estimate of drug-likeness (QED) is 0.153. The summed E-state index contributed by atoms with van der Waals surface area (Å²) in [6, 6.07) is 0. The van der Waals surface area contributed by atoms with Crippen molar-refractivity contribution >= 4 is 11.9 Å². The minimum absolute atomic E-state index is 0.362. The maximum atomic E-state index is 11.8. The van der Waals surface area contributed by atoms with Crippen LogP contribution in [0.1, 0.15) is 104 Å². The predicted molar refractivity (Wildman–Crippen MR) is 113 cm³/mol. The van der Waals surface area contributed by atoms with Gasteiger partial charge in [0.2, 0.25) is 0 Å². The van der Waals surface area contributed by atoms with E-state index in [1.54, 1.807) is 0 Å². The molecular weight excluding hydrogens is 356 g/mol. The van der Waals surface area contributed by atoms with Gasteiger partial charge < -0.3 is 14.6 Å². The molecule has 0 aliphatic carbocycles. The highest BCUT2D eigenvalue weighted by Gasteiger charge is 2.25. The smallest absolute Gasteiger partial charge is 0.330 e. The lowest BCUT2D eigenvalue weighted by atomic mass is 9.99. The van der Waals surface area contributed by atoms with Gasteiger partial charge in [-0.3, -0.25) is 0 Å². The summed E-state index contributed by atoms with van der Waals surface area (Å²) in [7, 11) is 0. The average molecular weight is 399 g/mol. The molecule has 2 atom stereocenters. The first kappa shape index (κ1) is 26.6. The van der Waals surface area contributed by atoms with Crippen molar-refractivity contribution in [2.24, 2.45) is 0 Å². The number of rotatable bonds is 20. The van der Waals surface area contributed by atoms with Crippen molar-refractivity contribution in [2.45, 2.75) is 116 Å². The molecule has 0 heterocycles. The molecule has 0 aliphatic rings. The third kappa shape index (κ3) is 15.7. The van der Waals surface area contributed by atoms with Gasteiger partial charge in [-0.05, 0) is 19.3 Å². The van der Waals surface area contributed by atoms with Crippen molar-refractivity contribution in [3.8, 4) is 0 Å². The second kappa shape index (κ2) is 19.0. The summed E-state index contributed by atoms with van der Waals surface area (Å²) in [5, 5.41) is 8.99. The fourth-order valence-electron chi connectivity index (χ4n) is 3.32. The Morgan fingerprint density at radius 1 is 0.821 bits per heavy atom. The van der Waals surface area contributed by atoms with Crippen LogP contribution in [0.5, 0.6) is 0 Å². The van der Waals surface area contributed by atoms with Crippen LogP contribution in [-0.2, 0) is 19.1 Å². The zero-order valence-corrected chi connectivity index (χ0v) is 18.1. The summed E-state index contributed by atoms with van der Waals surface area (Å²) in [4.78, 5) is 22.7. The number of hydrogen-bond donors (Lipinski definition) is 1. The van der Waals surface area contributed by atoms with Gasteiger partial charge in [0.15, 0.2) is 0 Å². The standard InChI is InChI=1S/C23H42O5/c1-4-7-9-11-13-15-17-20(27-19-22(24)25)21(28-23(26)6-3)18-16-14-12-10-8-5-2/h6,20-21H,3-5,7-19H2,1-2H3,(H,24,25). The molecule has 0 spiro atoms. The molecule has 1 N–H and O–H groups in total. The number of carboxylic acids is 1. The van der Waals surface area contributed by atoms with Gasteiger partial charge in [-0.15, -0.1) is 0 Å². The number of hydrogen-bond acceptors (Lipinski definition) is 4. The Balaban J connectivity index is 4.64. The van der Waals surface area contributed by atoms with Crippen LogP contribution in [0.2, 0.25) is 0 Å². The van der Waals surface area contributed by atoms with Crippen LogP contribution >= 0.6 is 0 Å². The highest BCUT2D eigenvalue weighted by Crippen LogP contribution is 2.20. The summed E-state index contributed by atoms with van der Waals surface area (Å²) >= 11 is 0. The number of ether oxygens (including phenoxy) is 2. The maximum absolute atomic E-state index is 11.8. The molecule has 5 heteroatoms. The number of carboxylic acid groups (broad SMARTS) is 1. The van der Waals surface area contributed by atoms with Gasteiger partial charge in [0, 0.05) is 6.08 Å². The average Bonchev–Trinajstić information content (AvgIpc) is 2.68. The lowest BCUT2D eigenvalue weighted by molar-refractivity contribution is -0.158. The molecule has 0 saturated carbocycles. The SMILES string of the molecule is C=CC(=O)OC(CCCCCCCC)C(CCCCCCCC)OCC(=O)O. The first-order chi connectivity index (χ1) is 13.5. The van der Waals surface area contributed by atoms with Crippen molar-refractivity contribution in [2.75, 3.05) is 6.61 Å².